The zero-order valence-corrected chi connectivity index (χ0v) is 15.0. The molecule has 4 atom stereocenters. The van der Waals surface area contributed by atoms with E-state index in [0.29, 0.717) is 0 Å². The van der Waals surface area contributed by atoms with E-state index in [1.807, 2.05) is 23.8 Å². The minimum atomic E-state index is -3.10. The Labute approximate surface area is 129 Å². The first-order valence-electron chi connectivity index (χ1n) is 7.76. The first-order chi connectivity index (χ1) is 9.55. The molecule has 0 radical (unpaired) electrons. The number of carbonyl (C=O) groups is 1. The van der Waals surface area contributed by atoms with Crippen LogP contribution in [0.5, 0.6) is 0 Å². The Kier molecular flexibility index (Phi) is 6.23. The molecule has 1 heterocycles. The molecule has 1 aliphatic rings. The molecule has 21 heavy (non-hydrogen) atoms. The molecule has 0 saturated carbocycles. The summed E-state index contributed by atoms with van der Waals surface area (Å²) in [6.45, 7) is 8.02. The average molecular weight is 318 g/mol. The van der Waals surface area contributed by atoms with Crippen LogP contribution in [0, 0.1) is 0 Å². The SMILES string of the molecule is C[C@H]([C@H](C)S(C)(=O)=O)N(C)CC(=O)N1[C@@H](C)CCC[C@@H]1C. The first kappa shape index (κ1) is 18.4. The monoisotopic (exact) mass is 318 g/mol. The molecule has 1 amide bonds. The highest BCUT2D eigenvalue weighted by Crippen LogP contribution is 2.23. The number of rotatable bonds is 5. The van der Waals surface area contributed by atoms with E-state index >= 15 is 0 Å². The van der Waals surface area contributed by atoms with Gasteiger partial charge in [0.15, 0.2) is 9.84 Å². The smallest absolute Gasteiger partial charge is 0.237 e. The highest BCUT2D eigenvalue weighted by atomic mass is 32.2. The standard InChI is InChI=1S/C15H30N2O3S/c1-11-8-7-9-12(2)17(11)15(18)10-16(5)13(3)14(4)21(6,19)20/h11-14H,7-10H2,1-6H3/t11-,12-,13+,14-/m0/s1. The van der Waals surface area contributed by atoms with E-state index in [1.165, 1.54) is 12.7 Å². The predicted molar refractivity (Wildman–Crippen MR) is 86.0 cm³/mol. The van der Waals surface area contributed by atoms with Crippen molar-refractivity contribution in [1.82, 2.24) is 9.80 Å². The first-order valence-corrected chi connectivity index (χ1v) is 9.71. The Morgan fingerprint density at radius 1 is 1.24 bits per heavy atom. The Morgan fingerprint density at radius 3 is 2.14 bits per heavy atom. The van der Waals surface area contributed by atoms with Crippen molar-refractivity contribution in [3.8, 4) is 0 Å². The van der Waals surface area contributed by atoms with Gasteiger partial charge in [0.2, 0.25) is 5.91 Å². The van der Waals surface area contributed by atoms with Crippen molar-refractivity contribution in [2.75, 3.05) is 19.8 Å². The summed E-state index contributed by atoms with van der Waals surface area (Å²) in [4.78, 5) is 16.4. The fourth-order valence-corrected chi connectivity index (χ4v) is 3.99. The highest BCUT2D eigenvalue weighted by Gasteiger charge is 2.31. The summed E-state index contributed by atoms with van der Waals surface area (Å²) in [6.07, 6.45) is 4.52. The number of amides is 1. The lowest BCUT2D eigenvalue weighted by atomic mass is 9.97. The second kappa shape index (κ2) is 7.09. The highest BCUT2D eigenvalue weighted by molar-refractivity contribution is 7.91. The molecule has 0 bridgehead atoms. The van der Waals surface area contributed by atoms with Gasteiger partial charge in [-0.1, -0.05) is 0 Å². The van der Waals surface area contributed by atoms with E-state index in [-0.39, 0.29) is 30.6 Å². The summed E-state index contributed by atoms with van der Waals surface area (Å²) in [5.41, 5.74) is 0. The van der Waals surface area contributed by atoms with Gasteiger partial charge in [-0.2, -0.15) is 0 Å². The summed E-state index contributed by atoms with van der Waals surface area (Å²) >= 11 is 0. The van der Waals surface area contributed by atoms with Crippen molar-refractivity contribution < 1.29 is 13.2 Å². The van der Waals surface area contributed by atoms with Crippen molar-refractivity contribution in [2.24, 2.45) is 0 Å². The molecule has 1 saturated heterocycles. The van der Waals surface area contributed by atoms with Crippen LogP contribution in [-0.4, -0.2) is 67.3 Å². The summed E-state index contributed by atoms with van der Waals surface area (Å²) in [5.74, 6) is 0.102. The van der Waals surface area contributed by atoms with Crippen molar-refractivity contribution in [2.45, 2.75) is 70.3 Å². The number of sulfone groups is 1. The molecule has 0 aromatic carbocycles. The Bertz CT molecular complexity index is 454. The van der Waals surface area contributed by atoms with Gasteiger partial charge in [-0.05, 0) is 54.0 Å². The number of carbonyl (C=O) groups excluding carboxylic acids is 1. The Hall–Kier alpha value is -0.620. The van der Waals surface area contributed by atoms with Crippen LogP contribution >= 0.6 is 0 Å². The number of hydrogen-bond donors (Lipinski definition) is 0. The lowest BCUT2D eigenvalue weighted by Crippen LogP contribution is -2.52. The van der Waals surface area contributed by atoms with Crippen LogP contribution in [-0.2, 0) is 14.6 Å². The number of likely N-dealkylation sites (tertiary alicyclic amines) is 1. The van der Waals surface area contributed by atoms with Crippen LogP contribution in [0.1, 0.15) is 47.0 Å². The molecular weight excluding hydrogens is 288 g/mol. The largest absolute Gasteiger partial charge is 0.336 e. The lowest BCUT2D eigenvalue weighted by molar-refractivity contribution is -0.138. The second-order valence-electron chi connectivity index (χ2n) is 6.62. The van der Waals surface area contributed by atoms with Crippen molar-refractivity contribution >= 4 is 15.7 Å². The van der Waals surface area contributed by atoms with Gasteiger partial charge in [0, 0.05) is 24.4 Å². The van der Waals surface area contributed by atoms with Crippen LogP contribution in [0.15, 0.2) is 0 Å². The fourth-order valence-electron chi connectivity index (χ4n) is 3.07. The van der Waals surface area contributed by atoms with Gasteiger partial charge >= 0.3 is 0 Å². The van der Waals surface area contributed by atoms with E-state index in [4.69, 9.17) is 0 Å². The van der Waals surface area contributed by atoms with Gasteiger partial charge in [-0.3, -0.25) is 9.69 Å². The average Bonchev–Trinajstić information content (AvgIpc) is 2.35. The number of nitrogens with zero attached hydrogens (tertiary/aromatic N) is 2. The zero-order chi connectivity index (χ0) is 16.4. The number of likely N-dealkylation sites (N-methyl/N-ethyl adjacent to an activating group) is 1. The van der Waals surface area contributed by atoms with E-state index in [2.05, 4.69) is 13.8 Å². The third kappa shape index (κ3) is 4.68. The number of hydrogen-bond acceptors (Lipinski definition) is 4. The van der Waals surface area contributed by atoms with Crippen LogP contribution in [0.4, 0.5) is 0 Å². The maximum Gasteiger partial charge on any atom is 0.237 e. The van der Waals surface area contributed by atoms with E-state index < -0.39 is 15.1 Å². The summed E-state index contributed by atoms with van der Waals surface area (Å²) < 4.78 is 23.3. The normalized spacial score (nSPS) is 26.7. The van der Waals surface area contributed by atoms with Crippen LogP contribution in [0.25, 0.3) is 0 Å². The molecule has 0 unspecified atom stereocenters. The van der Waals surface area contributed by atoms with Crippen LogP contribution in [0.3, 0.4) is 0 Å². The molecule has 124 valence electrons. The second-order valence-corrected chi connectivity index (χ2v) is 9.02. The quantitative estimate of drug-likeness (QED) is 0.771. The minimum Gasteiger partial charge on any atom is -0.336 e. The van der Waals surface area contributed by atoms with Gasteiger partial charge in [0.25, 0.3) is 0 Å². The Balaban J connectivity index is 2.69. The van der Waals surface area contributed by atoms with Gasteiger partial charge in [0.1, 0.15) is 0 Å². The molecule has 1 rings (SSSR count). The van der Waals surface area contributed by atoms with Gasteiger partial charge in [-0.15, -0.1) is 0 Å². The Morgan fingerprint density at radius 2 is 1.71 bits per heavy atom. The molecule has 0 aromatic heterocycles. The minimum absolute atomic E-state index is 0.102. The van der Waals surface area contributed by atoms with Crippen molar-refractivity contribution in [1.29, 1.82) is 0 Å². The molecule has 5 nitrogen and oxygen atoms in total. The van der Waals surface area contributed by atoms with Crippen molar-refractivity contribution in [3.63, 3.8) is 0 Å². The molecular formula is C15H30N2O3S. The summed E-state index contributed by atoms with van der Waals surface area (Å²) in [7, 11) is -1.27. The molecule has 1 aliphatic heterocycles. The third-order valence-electron chi connectivity index (χ3n) is 4.92. The third-order valence-corrected chi connectivity index (χ3v) is 6.66. The molecule has 1 fully saturated rings. The van der Waals surface area contributed by atoms with Crippen molar-refractivity contribution in [3.05, 3.63) is 0 Å². The molecule has 0 aromatic rings. The maximum absolute atomic E-state index is 12.5. The van der Waals surface area contributed by atoms with E-state index in [9.17, 15) is 13.2 Å². The molecule has 0 aliphatic carbocycles. The topological polar surface area (TPSA) is 57.7 Å². The van der Waals surface area contributed by atoms with Crippen LogP contribution < -0.4 is 0 Å². The van der Waals surface area contributed by atoms with Gasteiger partial charge in [-0.25, -0.2) is 8.42 Å². The maximum atomic E-state index is 12.5. The van der Waals surface area contributed by atoms with Crippen LogP contribution in [0.2, 0.25) is 0 Å². The number of piperidine rings is 1. The predicted octanol–water partition coefficient (Wildman–Crippen LogP) is 1.53. The summed E-state index contributed by atoms with van der Waals surface area (Å²) in [6, 6.07) is 0.369. The molecule has 0 N–H and O–H groups in total. The van der Waals surface area contributed by atoms with E-state index in [0.717, 1.165) is 12.8 Å². The lowest BCUT2D eigenvalue weighted by Gasteiger charge is -2.40. The fraction of sp³-hybridized carbons (Fsp3) is 0.933. The zero-order valence-electron chi connectivity index (χ0n) is 14.2. The molecule has 0 spiro atoms. The van der Waals surface area contributed by atoms with Gasteiger partial charge < -0.3 is 4.90 Å². The van der Waals surface area contributed by atoms with E-state index in [1.54, 1.807) is 6.92 Å². The van der Waals surface area contributed by atoms with Gasteiger partial charge in [0.05, 0.1) is 11.8 Å². The molecule has 6 heteroatoms. The summed E-state index contributed by atoms with van der Waals surface area (Å²) in [5, 5.41) is -0.480.